The van der Waals surface area contributed by atoms with Gasteiger partial charge in [0, 0.05) is 58.4 Å². The highest BCUT2D eigenvalue weighted by Gasteiger charge is 2.29. The van der Waals surface area contributed by atoms with E-state index in [9.17, 15) is 19.5 Å². The molecule has 2 N–H and O–H groups in total. The van der Waals surface area contributed by atoms with Crippen molar-refractivity contribution in [1.29, 1.82) is 0 Å². The number of hydrogen-bond donors (Lipinski definition) is 2. The quantitative estimate of drug-likeness (QED) is 0.508. The summed E-state index contributed by atoms with van der Waals surface area (Å²) in [4.78, 5) is 44.0. The van der Waals surface area contributed by atoms with E-state index in [0.717, 1.165) is 24.2 Å². The number of phenolic OH excluding ortho intramolecular Hbond substituents is 1. The molecule has 1 aliphatic rings. The third kappa shape index (κ3) is 8.87. The number of rotatable bonds is 10. The third-order valence-electron chi connectivity index (χ3n) is 6.25. The fraction of sp³-hybridized carbons (Fsp3) is 0.444. The van der Waals surface area contributed by atoms with Crippen LogP contribution in [0.1, 0.15) is 18.1 Å². The molecular weight excluding hydrogens is 476 g/mol. The van der Waals surface area contributed by atoms with Crippen LogP contribution in [0.5, 0.6) is 5.75 Å². The molecule has 3 amide bonds. The van der Waals surface area contributed by atoms with Crippen LogP contribution in [-0.2, 0) is 22.4 Å². The minimum absolute atomic E-state index is 0.00821. The second kappa shape index (κ2) is 13.9. The molecule has 0 spiro atoms. The number of aromatic hydroxyl groups is 1. The van der Waals surface area contributed by atoms with Gasteiger partial charge in [0.15, 0.2) is 5.12 Å². The minimum atomic E-state index is -0.731. The average molecular weight is 513 g/mol. The number of nitrogens with zero attached hydrogens (tertiary/aromatic N) is 3. The van der Waals surface area contributed by atoms with Crippen LogP contribution in [0.3, 0.4) is 0 Å². The molecule has 194 valence electrons. The Morgan fingerprint density at radius 2 is 1.64 bits per heavy atom. The van der Waals surface area contributed by atoms with Gasteiger partial charge in [-0.2, -0.15) is 0 Å². The van der Waals surface area contributed by atoms with Crippen molar-refractivity contribution in [3.63, 3.8) is 0 Å². The van der Waals surface area contributed by atoms with Gasteiger partial charge in [-0.1, -0.05) is 54.2 Å². The second-order valence-electron chi connectivity index (χ2n) is 9.06. The van der Waals surface area contributed by atoms with Crippen LogP contribution in [0.15, 0.2) is 54.6 Å². The van der Waals surface area contributed by atoms with Gasteiger partial charge >= 0.3 is 6.03 Å². The van der Waals surface area contributed by atoms with E-state index in [1.165, 1.54) is 18.7 Å². The van der Waals surface area contributed by atoms with Gasteiger partial charge in [0.1, 0.15) is 11.8 Å². The number of urea groups is 1. The number of thioether (sulfide) groups is 1. The summed E-state index contributed by atoms with van der Waals surface area (Å²) in [5.74, 6) is 0.539. The Balaban J connectivity index is 1.73. The Kier molecular flexibility index (Phi) is 10.6. The van der Waals surface area contributed by atoms with E-state index >= 15 is 0 Å². The van der Waals surface area contributed by atoms with Crippen LogP contribution in [0.25, 0.3) is 0 Å². The van der Waals surface area contributed by atoms with Crippen molar-refractivity contribution in [2.45, 2.75) is 25.8 Å². The largest absolute Gasteiger partial charge is 0.508 e. The lowest BCUT2D eigenvalue weighted by Crippen LogP contribution is -2.57. The lowest BCUT2D eigenvalue weighted by Gasteiger charge is -2.35. The molecule has 0 aliphatic carbocycles. The molecule has 0 aromatic heterocycles. The van der Waals surface area contributed by atoms with Crippen molar-refractivity contribution in [3.8, 4) is 5.75 Å². The first kappa shape index (κ1) is 27.5. The highest BCUT2D eigenvalue weighted by atomic mass is 32.2. The van der Waals surface area contributed by atoms with Crippen molar-refractivity contribution >= 4 is 28.8 Å². The topological polar surface area (TPSA) is 93.2 Å². The monoisotopic (exact) mass is 512 g/mol. The summed E-state index contributed by atoms with van der Waals surface area (Å²) in [5, 5.41) is 12.6. The molecule has 0 saturated carbocycles. The van der Waals surface area contributed by atoms with Crippen LogP contribution in [0.4, 0.5) is 4.79 Å². The molecule has 1 atom stereocenters. The molecule has 1 aliphatic heterocycles. The zero-order valence-corrected chi connectivity index (χ0v) is 21.9. The van der Waals surface area contributed by atoms with Crippen molar-refractivity contribution < 1.29 is 19.5 Å². The number of hydrogen-bond acceptors (Lipinski definition) is 6. The van der Waals surface area contributed by atoms with Gasteiger partial charge in [-0.15, -0.1) is 0 Å². The Hall–Kier alpha value is -3.04. The lowest BCUT2D eigenvalue weighted by molar-refractivity contribution is -0.134. The highest BCUT2D eigenvalue weighted by Crippen LogP contribution is 2.14. The summed E-state index contributed by atoms with van der Waals surface area (Å²) in [7, 11) is 2.03. The summed E-state index contributed by atoms with van der Waals surface area (Å²) in [5.41, 5.74) is 1.97. The number of phenols is 1. The van der Waals surface area contributed by atoms with Crippen LogP contribution in [-0.4, -0.2) is 95.0 Å². The summed E-state index contributed by atoms with van der Waals surface area (Å²) >= 11 is 1.19. The molecule has 1 saturated heterocycles. The predicted molar refractivity (Wildman–Crippen MR) is 143 cm³/mol. The van der Waals surface area contributed by atoms with Crippen molar-refractivity contribution in [2.24, 2.45) is 0 Å². The van der Waals surface area contributed by atoms with E-state index in [2.05, 4.69) is 10.2 Å². The number of likely N-dealkylation sites (N-methyl/N-ethyl adjacent to an activating group) is 1. The summed E-state index contributed by atoms with van der Waals surface area (Å²) in [6.07, 6.45) is 1.000. The van der Waals surface area contributed by atoms with E-state index < -0.39 is 6.04 Å². The van der Waals surface area contributed by atoms with Gasteiger partial charge in [0.25, 0.3) is 0 Å². The Morgan fingerprint density at radius 1 is 0.972 bits per heavy atom. The molecule has 2 aromatic carbocycles. The SMILES string of the molecule is CC(=O)SCCN(CCc1ccccc1)C(=O)NC(Cc1ccc(O)cc1)C(=O)N1CCN(C)CC1. The van der Waals surface area contributed by atoms with E-state index in [1.807, 2.05) is 42.3 Å². The number of nitrogens with one attached hydrogen (secondary N) is 1. The van der Waals surface area contributed by atoms with E-state index in [1.54, 1.807) is 29.2 Å². The van der Waals surface area contributed by atoms with Gasteiger partial charge in [-0.3, -0.25) is 9.59 Å². The molecular formula is C27H36N4O4S. The molecule has 3 rings (SSSR count). The van der Waals surface area contributed by atoms with Crippen molar-refractivity contribution in [2.75, 3.05) is 52.1 Å². The Morgan fingerprint density at radius 3 is 2.28 bits per heavy atom. The number of benzene rings is 2. The maximum atomic E-state index is 13.5. The van der Waals surface area contributed by atoms with Crippen LogP contribution in [0, 0.1) is 0 Å². The van der Waals surface area contributed by atoms with Crippen LogP contribution in [0.2, 0.25) is 0 Å². The first-order valence-corrected chi connectivity index (χ1v) is 13.3. The number of piperazine rings is 1. The Labute approximate surface area is 217 Å². The fourth-order valence-corrected chi connectivity index (χ4v) is 4.68. The predicted octanol–water partition coefficient (Wildman–Crippen LogP) is 2.61. The average Bonchev–Trinajstić information content (AvgIpc) is 2.87. The molecule has 36 heavy (non-hydrogen) atoms. The maximum Gasteiger partial charge on any atom is 0.318 e. The number of carbonyl (C=O) groups excluding carboxylic acids is 3. The van der Waals surface area contributed by atoms with Crippen LogP contribution < -0.4 is 5.32 Å². The van der Waals surface area contributed by atoms with Crippen LogP contribution >= 0.6 is 11.8 Å². The highest BCUT2D eigenvalue weighted by molar-refractivity contribution is 8.13. The Bertz CT molecular complexity index is 995. The molecule has 1 fully saturated rings. The molecule has 9 heteroatoms. The molecule has 0 radical (unpaired) electrons. The standard InChI is InChI=1S/C27H36N4O4S/c1-21(32)36-19-18-31(13-12-22-6-4-3-5-7-22)27(35)28-25(20-23-8-10-24(33)11-9-23)26(34)30-16-14-29(2)15-17-30/h3-11,25,33H,12-20H2,1-2H3,(H,28,35). The van der Waals surface area contributed by atoms with E-state index in [4.69, 9.17) is 0 Å². The summed E-state index contributed by atoms with van der Waals surface area (Å²) < 4.78 is 0. The number of amides is 3. The van der Waals surface area contributed by atoms with Crippen molar-refractivity contribution in [3.05, 3.63) is 65.7 Å². The minimum Gasteiger partial charge on any atom is -0.508 e. The van der Waals surface area contributed by atoms with Gasteiger partial charge in [-0.25, -0.2) is 4.79 Å². The fourth-order valence-electron chi connectivity index (χ4n) is 4.08. The lowest BCUT2D eigenvalue weighted by atomic mass is 10.0. The van der Waals surface area contributed by atoms with Gasteiger partial charge in [0.05, 0.1) is 0 Å². The van der Waals surface area contributed by atoms with Crippen molar-refractivity contribution in [1.82, 2.24) is 20.0 Å². The van der Waals surface area contributed by atoms with E-state index in [0.29, 0.717) is 44.8 Å². The molecule has 1 heterocycles. The smallest absolute Gasteiger partial charge is 0.318 e. The van der Waals surface area contributed by atoms with Gasteiger partial charge < -0.3 is 25.1 Å². The molecule has 8 nitrogen and oxygen atoms in total. The molecule has 0 bridgehead atoms. The zero-order valence-electron chi connectivity index (χ0n) is 21.1. The second-order valence-corrected chi connectivity index (χ2v) is 10.3. The summed E-state index contributed by atoms with van der Waals surface area (Å²) in [6, 6.07) is 15.6. The van der Waals surface area contributed by atoms with Gasteiger partial charge in [0.2, 0.25) is 5.91 Å². The van der Waals surface area contributed by atoms with Gasteiger partial charge in [-0.05, 0) is 36.7 Å². The molecule has 2 aromatic rings. The number of carbonyl (C=O) groups is 3. The normalized spacial score (nSPS) is 14.8. The first-order chi connectivity index (χ1) is 17.3. The third-order valence-corrected chi connectivity index (χ3v) is 7.05. The first-order valence-electron chi connectivity index (χ1n) is 12.3. The molecule has 1 unspecified atom stereocenters. The maximum absolute atomic E-state index is 13.5. The summed E-state index contributed by atoms with van der Waals surface area (Å²) in [6.45, 7) is 5.20. The van der Waals surface area contributed by atoms with E-state index in [-0.39, 0.29) is 22.8 Å². The zero-order chi connectivity index (χ0) is 25.9.